The van der Waals surface area contributed by atoms with Crippen LogP contribution in [0.2, 0.25) is 5.02 Å². The van der Waals surface area contributed by atoms with Crippen molar-refractivity contribution >= 4 is 23.2 Å². The van der Waals surface area contributed by atoms with Crippen molar-refractivity contribution in [2.45, 2.75) is 39.0 Å². The smallest absolute Gasteiger partial charge is 0.237 e. The summed E-state index contributed by atoms with van der Waals surface area (Å²) in [5.74, 6) is 0.200. The molecule has 0 bridgehead atoms. The fourth-order valence-electron chi connectivity index (χ4n) is 3.68. The molecule has 1 aliphatic heterocycles. The molecule has 3 rings (SSSR count). The molecule has 2 aliphatic rings. The molecule has 24 heavy (non-hydrogen) atoms. The quantitative estimate of drug-likeness (QED) is 0.786. The van der Waals surface area contributed by atoms with Crippen LogP contribution in [0.15, 0.2) is 47.7 Å². The van der Waals surface area contributed by atoms with Crippen LogP contribution >= 0.6 is 11.6 Å². The lowest BCUT2D eigenvalue weighted by atomic mass is 9.73. The van der Waals surface area contributed by atoms with Crippen LogP contribution in [0.3, 0.4) is 0 Å². The normalized spacial score (nSPS) is 23.6. The van der Waals surface area contributed by atoms with Crippen molar-refractivity contribution in [3.63, 3.8) is 0 Å². The molecule has 0 radical (unpaired) electrons. The van der Waals surface area contributed by atoms with Gasteiger partial charge in [0.05, 0.1) is 5.41 Å². The lowest BCUT2D eigenvalue weighted by Crippen LogP contribution is -2.47. The maximum absolute atomic E-state index is 13.4. The van der Waals surface area contributed by atoms with Gasteiger partial charge in [-0.2, -0.15) is 0 Å². The van der Waals surface area contributed by atoms with Crippen molar-refractivity contribution in [2.75, 3.05) is 18.5 Å². The van der Waals surface area contributed by atoms with Crippen molar-refractivity contribution in [1.29, 1.82) is 0 Å². The van der Waals surface area contributed by atoms with E-state index in [0.717, 1.165) is 50.0 Å². The summed E-state index contributed by atoms with van der Waals surface area (Å²) in [4.78, 5) is 15.3. The molecule has 1 aromatic rings. The van der Waals surface area contributed by atoms with Crippen molar-refractivity contribution in [1.82, 2.24) is 5.32 Å². The lowest BCUT2D eigenvalue weighted by molar-refractivity contribution is -0.128. The zero-order valence-electron chi connectivity index (χ0n) is 14.4. The molecular weight excluding hydrogens is 320 g/mol. The Morgan fingerprint density at radius 2 is 1.92 bits per heavy atom. The molecule has 1 heterocycles. The van der Waals surface area contributed by atoms with Crippen LogP contribution < -0.4 is 10.2 Å². The number of anilines is 1. The Kier molecular flexibility index (Phi) is 5.12. The number of nitrogens with zero attached hydrogens (tertiary/aromatic N) is 1. The first-order chi connectivity index (χ1) is 11.5. The lowest BCUT2D eigenvalue weighted by Gasteiger charge is -2.43. The zero-order valence-corrected chi connectivity index (χ0v) is 15.2. The molecule has 1 N–H and O–H groups in total. The van der Waals surface area contributed by atoms with Gasteiger partial charge in [-0.05, 0) is 75.5 Å². The highest BCUT2D eigenvalue weighted by Gasteiger charge is 2.44. The molecule has 4 heteroatoms. The van der Waals surface area contributed by atoms with Crippen LogP contribution in [0.4, 0.5) is 5.69 Å². The summed E-state index contributed by atoms with van der Waals surface area (Å²) < 4.78 is 0. The van der Waals surface area contributed by atoms with E-state index in [0.29, 0.717) is 5.02 Å². The molecule has 1 amide bonds. The van der Waals surface area contributed by atoms with E-state index in [-0.39, 0.29) is 11.3 Å². The summed E-state index contributed by atoms with van der Waals surface area (Å²) >= 11 is 6.03. The van der Waals surface area contributed by atoms with Crippen molar-refractivity contribution in [2.24, 2.45) is 5.41 Å². The molecule has 1 saturated heterocycles. The van der Waals surface area contributed by atoms with Crippen LogP contribution in [-0.4, -0.2) is 19.5 Å². The van der Waals surface area contributed by atoms with E-state index in [1.165, 1.54) is 5.57 Å². The number of rotatable bonds is 5. The molecule has 0 saturated carbocycles. The van der Waals surface area contributed by atoms with Crippen LogP contribution in [0.1, 0.15) is 39.0 Å². The average Bonchev–Trinajstić information content (AvgIpc) is 2.58. The second-order valence-electron chi connectivity index (χ2n) is 6.96. The predicted octanol–water partition coefficient (Wildman–Crippen LogP) is 4.69. The third kappa shape index (κ3) is 3.28. The standard InChI is InChI=1S/C20H25ClN2O/c1-20(12-5-13-22-2)14-15-6-3-4-7-18(15)23(19(20)24)17-10-8-16(21)9-11-17/h6-11,22H,3-5,12-14H2,1-2H3. The van der Waals surface area contributed by atoms with E-state index in [4.69, 9.17) is 11.6 Å². The molecular formula is C20H25ClN2O. The van der Waals surface area contributed by atoms with Gasteiger partial charge in [0.1, 0.15) is 0 Å². The molecule has 3 nitrogen and oxygen atoms in total. The van der Waals surface area contributed by atoms with Crippen LogP contribution in [0, 0.1) is 5.41 Å². The van der Waals surface area contributed by atoms with E-state index < -0.39 is 0 Å². The maximum atomic E-state index is 13.4. The van der Waals surface area contributed by atoms with Gasteiger partial charge >= 0.3 is 0 Å². The van der Waals surface area contributed by atoms with E-state index in [9.17, 15) is 4.79 Å². The highest BCUT2D eigenvalue weighted by molar-refractivity contribution is 6.30. The van der Waals surface area contributed by atoms with Crippen molar-refractivity contribution < 1.29 is 4.79 Å². The first kappa shape index (κ1) is 17.2. The third-order valence-electron chi connectivity index (χ3n) is 5.01. The Hall–Kier alpha value is -1.58. The largest absolute Gasteiger partial charge is 0.320 e. The highest BCUT2D eigenvalue weighted by atomic mass is 35.5. The van der Waals surface area contributed by atoms with E-state index in [2.05, 4.69) is 24.4 Å². The fourth-order valence-corrected chi connectivity index (χ4v) is 3.81. The van der Waals surface area contributed by atoms with Gasteiger partial charge in [-0.3, -0.25) is 9.69 Å². The van der Waals surface area contributed by atoms with Gasteiger partial charge < -0.3 is 5.32 Å². The minimum atomic E-state index is -0.350. The van der Waals surface area contributed by atoms with Crippen LogP contribution in [-0.2, 0) is 4.79 Å². The van der Waals surface area contributed by atoms with E-state index in [1.54, 1.807) is 0 Å². The second-order valence-corrected chi connectivity index (χ2v) is 7.39. The maximum Gasteiger partial charge on any atom is 0.237 e. The average molecular weight is 345 g/mol. The number of hydrogen-bond acceptors (Lipinski definition) is 2. The fraction of sp³-hybridized carbons (Fsp3) is 0.450. The monoisotopic (exact) mass is 344 g/mol. The van der Waals surface area contributed by atoms with Crippen molar-refractivity contribution in [3.8, 4) is 0 Å². The van der Waals surface area contributed by atoms with Gasteiger partial charge in [0.15, 0.2) is 0 Å². The number of amides is 1. The highest BCUT2D eigenvalue weighted by Crippen LogP contribution is 2.45. The molecule has 1 aliphatic carbocycles. The topological polar surface area (TPSA) is 32.3 Å². The number of halogens is 1. The summed E-state index contributed by atoms with van der Waals surface area (Å²) in [6, 6.07) is 7.58. The molecule has 1 fully saturated rings. The Labute approximate surface area is 149 Å². The van der Waals surface area contributed by atoms with Gasteiger partial charge in [-0.15, -0.1) is 0 Å². The first-order valence-electron chi connectivity index (χ1n) is 8.69. The van der Waals surface area contributed by atoms with Gasteiger partial charge in [0.25, 0.3) is 0 Å². The Morgan fingerprint density at radius 3 is 2.62 bits per heavy atom. The van der Waals surface area contributed by atoms with Crippen LogP contribution in [0.5, 0.6) is 0 Å². The summed E-state index contributed by atoms with van der Waals surface area (Å²) in [7, 11) is 1.95. The third-order valence-corrected chi connectivity index (χ3v) is 5.26. The molecule has 0 spiro atoms. The molecule has 1 atom stereocenters. The van der Waals surface area contributed by atoms with Gasteiger partial charge in [-0.25, -0.2) is 0 Å². The Bertz CT molecular complexity index is 677. The molecule has 1 aromatic carbocycles. The number of allylic oxidation sites excluding steroid dienone is 3. The number of carbonyl (C=O) groups excluding carboxylic acids is 1. The van der Waals surface area contributed by atoms with E-state index in [1.807, 2.05) is 36.2 Å². The molecule has 1 unspecified atom stereocenters. The Balaban J connectivity index is 1.97. The number of nitrogens with one attached hydrogen (secondary N) is 1. The number of carbonyl (C=O) groups is 1. The number of benzene rings is 1. The van der Waals surface area contributed by atoms with E-state index >= 15 is 0 Å². The summed E-state index contributed by atoms with van der Waals surface area (Å²) in [6.07, 6.45) is 9.29. The summed E-state index contributed by atoms with van der Waals surface area (Å²) in [5.41, 5.74) is 2.93. The van der Waals surface area contributed by atoms with Crippen molar-refractivity contribution in [3.05, 3.63) is 52.7 Å². The van der Waals surface area contributed by atoms with Crippen LogP contribution in [0.25, 0.3) is 0 Å². The van der Waals surface area contributed by atoms with Gasteiger partial charge in [0.2, 0.25) is 5.91 Å². The number of piperidine rings is 1. The number of fused-ring (bicyclic) bond motifs is 1. The second kappa shape index (κ2) is 7.12. The molecule has 128 valence electrons. The Morgan fingerprint density at radius 1 is 1.21 bits per heavy atom. The minimum Gasteiger partial charge on any atom is -0.320 e. The van der Waals surface area contributed by atoms with Gasteiger partial charge in [-0.1, -0.05) is 30.7 Å². The first-order valence-corrected chi connectivity index (χ1v) is 9.07. The molecule has 0 aromatic heterocycles. The predicted molar refractivity (Wildman–Crippen MR) is 100 cm³/mol. The number of hydrogen-bond donors (Lipinski definition) is 1. The SMILES string of the molecule is CNCCCC1(C)CC2=CCCC=C2N(c2ccc(Cl)cc2)C1=O. The minimum absolute atomic E-state index is 0.200. The summed E-state index contributed by atoms with van der Waals surface area (Å²) in [6.45, 7) is 3.05. The summed E-state index contributed by atoms with van der Waals surface area (Å²) in [5, 5.41) is 3.87. The van der Waals surface area contributed by atoms with Gasteiger partial charge in [0, 0.05) is 16.4 Å². The zero-order chi connectivity index (χ0) is 17.2.